The van der Waals surface area contributed by atoms with Crippen molar-refractivity contribution in [3.8, 4) is 0 Å². The predicted octanol–water partition coefficient (Wildman–Crippen LogP) is 1.82. The second-order valence-corrected chi connectivity index (χ2v) is 5.68. The van der Waals surface area contributed by atoms with Crippen LogP contribution in [0.2, 0.25) is 0 Å². The number of carbonyl (C=O) groups is 1. The molecule has 4 nitrogen and oxygen atoms in total. The summed E-state index contributed by atoms with van der Waals surface area (Å²) in [7, 11) is 1.89. The number of ether oxygens (including phenoxy) is 1. The van der Waals surface area contributed by atoms with Gasteiger partial charge in [0, 0.05) is 29.7 Å². The zero-order chi connectivity index (χ0) is 13.8. The van der Waals surface area contributed by atoms with Crippen LogP contribution in [0.15, 0.2) is 22.7 Å². The summed E-state index contributed by atoms with van der Waals surface area (Å²) in [6.07, 6.45) is 0.0819. The number of likely N-dealkylation sites (N-methyl/N-ethyl adjacent to an activating group) is 1. The lowest BCUT2D eigenvalue weighted by molar-refractivity contribution is -0.0196. The van der Waals surface area contributed by atoms with Crippen LogP contribution in [0, 0.1) is 6.92 Å². The molecule has 1 saturated heterocycles. The Kier molecular flexibility index (Phi) is 4.96. The molecule has 1 fully saturated rings. The molecule has 19 heavy (non-hydrogen) atoms. The smallest absolute Gasteiger partial charge is 0.254 e. The summed E-state index contributed by atoms with van der Waals surface area (Å²) < 4.78 is 6.62. The van der Waals surface area contributed by atoms with E-state index < -0.39 is 0 Å². The summed E-state index contributed by atoms with van der Waals surface area (Å²) in [5, 5.41) is 3.09. The van der Waals surface area contributed by atoms with Gasteiger partial charge in [0.1, 0.15) is 0 Å². The molecule has 1 aliphatic heterocycles. The maximum absolute atomic E-state index is 12.5. The van der Waals surface area contributed by atoms with E-state index in [1.165, 1.54) is 0 Å². The lowest BCUT2D eigenvalue weighted by Crippen LogP contribution is -2.48. The highest BCUT2D eigenvalue weighted by atomic mass is 79.9. The van der Waals surface area contributed by atoms with Crippen LogP contribution in [0.3, 0.4) is 0 Å². The number of hydrogen-bond acceptors (Lipinski definition) is 3. The third-order valence-electron chi connectivity index (χ3n) is 3.28. The lowest BCUT2D eigenvalue weighted by atomic mass is 10.1. The Morgan fingerprint density at radius 2 is 2.37 bits per heavy atom. The van der Waals surface area contributed by atoms with E-state index in [1.54, 1.807) is 0 Å². The number of rotatable bonds is 3. The van der Waals surface area contributed by atoms with Crippen molar-refractivity contribution >= 4 is 21.8 Å². The molecule has 0 spiro atoms. The van der Waals surface area contributed by atoms with Crippen LogP contribution in [0.25, 0.3) is 0 Å². The SMILES string of the molecule is CNCC1CN(C(=O)c2ccc(Br)cc2C)CCO1. The molecule has 0 bridgehead atoms. The molecule has 1 aromatic carbocycles. The Labute approximate surface area is 122 Å². The van der Waals surface area contributed by atoms with Crippen LogP contribution in [-0.4, -0.2) is 50.2 Å². The Balaban J connectivity index is 2.10. The summed E-state index contributed by atoms with van der Waals surface area (Å²) in [4.78, 5) is 14.4. The van der Waals surface area contributed by atoms with Gasteiger partial charge in [-0.15, -0.1) is 0 Å². The average molecular weight is 327 g/mol. The largest absolute Gasteiger partial charge is 0.373 e. The van der Waals surface area contributed by atoms with Crippen LogP contribution < -0.4 is 5.32 Å². The van der Waals surface area contributed by atoms with Crippen molar-refractivity contribution in [2.24, 2.45) is 0 Å². The van der Waals surface area contributed by atoms with Crippen molar-refractivity contribution in [3.63, 3.8) is 0 Å². The van der Waals surface area contributed by atoms with E-state index in [0.717, 1.165) is 22.1 Å². The Hall–Kier alpha value is -0.910. The maximum atomic E-state index is 12.5. The van der Waals surface area contributed by atoms with Crippen molar-refractivity contribution < 1.29 is 9.53 Å². The first-order valence-electron chi connectivity index (χ1n) is 6.43. The van der Waals surface area contributed by atoms with E-state index in [-0.39, 0.29) is 12.0 Å². The van der Waals surface area contributed by atoms with Crippen LogP contribution >= 0.6 is 15.9 Å². The molecule has 1 aromatic rings. The number of aryl methyl sites for hydroxylation is 1. The lowest BCUT2D eigenvalue weighted by Gasteiger charge is -2.33. The first kappa shape index (κ1) is 14.5. The van der Waals surface area contributed by atoms with Gasteiger partial charge in [-0.1, -0.05) is 15.9 Å². The van der Waals surface area contributed by atoms with Crippen molar-refractivity contribution in [3.05, 3.63) is 33.8 Å². The quantitative estimate of drug-likeness (QED) is 0.921. The second kappa shape index (κ2) is 6.50. The molecule has 2 rings (SSSR count). The highest BCUT2D eigenvalue weighted by Crippen LogP contribution is 2.18. The number of hydrogen-bond donors (Lipinski definition) is 1. The number of halogens is 1. The summed E-state index contributed by atoms with van der Waals surface area (Å²) in [5.41, 5.74) is 1.77. The fourth-order valence-corrected chi connectivity index (χ4v) is 2.77. The molecule has 0 radical (unpaired) electrons. The van der Waals surface area contributed by atoms with Gasteiger partial charge in [0.15, 0.2) is 0 Å². The molecular formula is C14H19BrN2O2. The minimum atomic E-state index is 0.0819. The van der Waals surface area contributed by atoms with Gasteiger partial charge in [-0.3, -0.25) is 4.79 Å². The zero-order valence-electron chi connectivity index (χ0n) is 11.3. The summed E-state index contributed by atoms with van der Waals surface area (Å²) >= 11 is 3.42. The molecule has 0 aromatic heterocycles. The molecule has 1 unspecified atom stereocenters. The summed E-state index contributed by atoms with van der Waals surface area (Å²) in [5.74, 6) is 0.0920. The number of nitrogens with one attached hydrogen (secondary N) is 1. The number of nitrogens with zero attached hydrogens (tertiary/aromatic N) is 1. The number of carbonyl (C=O) groups excluding carboxylic acids is 1. The van der Waals surface area contributed by atoms with E-state index in [9.17, 15) is 4.79 Å². The van der Waals surface area contributed by atoms with Crippen LogP contribution in [-0.2, 0) is 4.74 Å². The van der Waals surface area contributed by atoms with Crippen LogP contribution in [0.5, 0.6) is 0 Å². The van der Waals surface area contributed by atoms with Gasteiger partial charge in [-0.25, -0.2) is 0 Å². The van der Waals surface area contributed by atoms with E-state index >= 15 is 0 Å². The molecular weight excluding hydrogens is 308 g/mol. The average Bonchev–Trinajstić information content (AvgIpc) is 2.39. The van der Waals surface area contributed by atoms with Gasteiger partial charge >= 0.3 is 0 Å². The predicted molar refractivity (Wildman–Crippen MR) is 78.4 cm³/mol. The minimum Gasteiger partial charge on any atom is -0.373 e. The molecule has 0 saturated carbocycles. The highest BCUT2D eigenvalue weighted by Gasteiger charge is 2.25. The van der Waals surface area contributed by atoms with Gasteiger partial charge in [-0.05, 0) is 37.7 Å². The van der Waals surface area contributed by atoms with E-state index in [0.29, 0.717) is 19.7 Å². The van der Waals surface area contributed by atoms with Crippen molar-refractivity contribution in [2.75, 3.05) is 33.3 Å². The zero-order valence-corrected chi connectivity index (χ0v) is 12.9. The Morgan fingerprint density at radius 1 is 1.58 bits per heavy atom. The normalized spacial score (nSPS) is 19.5. The van der Waals surface area contributed by atoms with Crippen LogP contribution in [0.4, 0.5) is 0 Å². The van der Waals surface area contributed by atoms with Crippen molar-refractivity contribution in [1.29, 1.82) is 0 Å². The molecule has 104 valence electrons. The molecule has 1 amide bonds. The van der Waals surface area contributed by atoms with Gasteiger partial charge < -0.3 is 15.0 Å². The van der Waals surface area contributed by atoms with Crippen LogP contribution in [0.1, 0.15) is 15.9 Å². The molecule has 1 aliphatic rings. The highest BCUT2D eigenvalue weighted by molar-refractivity contribution is 9.10. The maximum Gasteiger partial charge on any atom is 0.254 e. The van der Waals surface area contributed by atoms with E-state index in [4.69, 9.17) is 4.74 Å². The number of morpholine rings is 1. The fourth-order valence-electron chi connectivity index (χ4n) is 2.29. The monoisotopic (exact) mass is 326 g/mol. The Bertz CT molecular complexity index is 463. The van der Waals surface area contributed by atoms with Crippen molar-refractivity contribution in [2.45, 2.75) is 13.0 Å². The van der Waals surface area contributed by atoms with E-state index in [2.05, 4.69) is 21.2 Å². The minimum absolute atomic E-state index is 0.0819. The Morgan fingerprint density at radius 3 is 3.05 bits per heavy atom. The van der Waals surface area contributed by atoms with Gasteiger partial charge in [0.25, 0.3) is 5.91 Å². The topological polar surface area (TPSA) is 41.6 Å². The summed E-state index contributed by atoms with van der Waals surface area (Å²) in [6, 6.07) is 5.76. The van der Waals surface area contributed by atoms with Crippen molar-refractivity contribution in [1.82, 2.24) is 10.2 Å². The second-order valence-electron chi connectivity index (χ2n) is 4.76. The summed E-state index contributed by atoms with van der Waals surface area (Å²) in [6.45, 7) is 4.64. The van der Waals surface area contributed by atoms with Gasteiger partial charge in [-0.2, -0.15) is 0 Å². The number of benzene rings is 1. The van der Waals surface area contributed by atoms with Gasteiger partial charge in [0.05, 0.1) is 12.7 Å². The van der Waals surface area contributed by atoms with E-state index in [1.807, 2.05) is 37.1 Å². The third kappa shape index (κ3) is 3.55. The number of amides is 1. The molecule has 1 N–H and O–H groups in total. The first-order valence-corrected chi connectivity index (χ1v) is 7.22. The first-order chi connectivity index (χ1) is 9.11. The third-order valence-corrected chi connectivity index (χ3v) is 3.77. The standard InChI is InChI=1S/C14H19BrN2O2/c1-10-7-11(15)3-4-13(10)14(18)17-5-6-19-12(9-17)8-16-2/h3-4,7,12,16H,5-6,8-9H2,1-2H3. The van der Waals surface area contributed by atoms with Gasteiger partial charge in [0.2, 0.25) is 0 Å². The molecule has 1 atom stereocenters. The fraction of sp³-hybridized carbons (Fsp3) is 0.500. The molecule has 1 heterocycles. The molecule has 0 aliphatic carbocycles. The molecule has 5 heteroatoms.